The van der Waals surface area contributed by atoms with Crippen molar-refractivity contribution in [2.75, 3.05) is 25.4 Å². The second kappa shape index (κ2) is 7.77. The Balaban J connectivity index is 1.37. The monoisotopic (exact) mass is 332 g/mol. The smallest absolute Gasteiger partial charge is 0.317 e. The molecule has 0 unspecified atom stereocenters. The van der Waals surface area contributed by atoms with Crippen LogP contribution in [0.1, 0.15) is 18.4 Å². The zero-order chi connectivity index (χ0) is 16.1. The van der Waals surface area contributed by atoms with E-state index in [1.807, 2.05) is 35.2 Å². The number of hydrogen-bond donors (Lipinski definition) is 1. The van der Waals surface area contributed by atoms with Gasteiger partial charge in [-0.2, -0.15) is 0 Å². The van der Waals surface area contributed by atoms with Crippen LogP contribution in [0.25, 0.3) is 0 Å². The zero-order valence-corrected chi connectivity index (χ0v) is 14.1. The summed E-state index contributed by atoms with van der Waals surface area (Å²) in [6.45, 7) is 2.18. The maximum atomic E-state index is 12.2. The molecule has 0 radical (unpaired) electrons. The number of carbonyl (C=O) groups excluding carboxylic acids is 1. The van der Waals surface area contributed by atoms with Crippen molar-refractivity contribution in [3.8, 4) is 0 Å². The largest absolute Gasteiger partial charge is 0.337 e. The molecule has 0 aromatic heterocycles. The summed E-state index contributed by atoms with van der Waals surface area (Å²) < 4.78 is 12.1. The molecule has 1 aliphatic heterocycles. The number of nitrogens with one attached hydrogen (secondary N) is 1. The minimum Gasteiger partial charge on any atom is -0.337 e. The number of urea groups is 1. The topological polar surface area (TPSA) is 49.4 Å². The van der Waals surface area contributed by atoms with Gasteiger partial charge in [-0.15, -0.1) is 0 Å². The van der Waals surface area contributed by atoms with Crippen molar-refractivity contribution in [2.24, 2.45) is 11.8 Å². The van der Waals surface area contributed by atoms with Gasteiger partial charge < -0.3 is 10.2 Å². The number of hydrogen-bond acceptors (Lipinski definition) is 2. The Morgan fingerprint density at radius 2 is 1.78 bits per heavy atom. The second-order valence-electron chi connectivity index (χ2n) is 6.37. The molecule has 1 fully saturated rings. The van der Waals surface area contributed by atoms with E-state index in [1.54, 1.807) is 0 Å². The first-order valence-corrected chi connectivity index (χ1v) is 9.78. The molecule has 2 amide bonds. The molecule has 1 N–H and O–H groups in total. The molecule has 1 aliphatic carbocycles. The number of benzene rings is 1. The van der Waals surface area contributed by atoms with Gasteiger partial charge in [-0.1, -0.05) is 42.5 Å². The third-order valence-electron chi connectivity index (χ3n) is 4.68. The van der Waals surface area contributed by atoms with Crippen molar-refractivity contribution < 1.29 is 9.00 Å². The van der Waals surface area contributed by atoms with Gasteiger partial charge in [0.05, 0.1) is 0 Å². The molecule has 2 aliphatic rings. The minimum absolute atomic E-state index is 0.00360. The third kappa shape index (κ3) is 4.44. The molecule has 5 heteroatoms. The van der Waals surface area contributed by atoms with Crippen LogP contribution in [0.2, 0.25) is 0 Å². The van der Waals surface area contributed by atoms with Crippen LogP contribution >= 0.6 is 0 Å². The van der Waals surface area contributed by atoms with Gasteiger partial charge >= 0.3 is 6.03 Å². The van der Waals surface area contributed by atoms with Crippen LogP contribution < -0.4 is 5.32 Å². The number of rotatable bonds is 5. The SMILES string of the molecule is O=C(NCC[S@@](=O)Cc1ccccc1)N1C[C@H]2CC=CC[C@@H]2C1. The number of carbonyl (C=O) groups is 1. The first-order valence-electron chi connectivity index (χ1n) is 8.29. The van der Waals surface area contributed by atoms with E-state index in [9.17, 15) is 9.00 Å². The summed E-state index contributed by atoms with van der Waals surface area (Å²) in [7, 11) is -0.939. The van der Waals surface area contributed by atoms with Crippen LogP contribution in [-0.2, 0) is 16.6 Å². The standard InChI is InChI=1S/C18H24N2O2S/c21-18(20-12-16-8-4-5-9-17(16)13-20)19-10-11-23(22)14-15-6-2-1-3-7-15/h1-7,16-17H,8-14H2,(H,19,21)/t16-,17-,23-/m1/s1. The van der Waals surface area contributed by atoms with Crippen LogP contribution in [-0.4, -0.2) is 40.5 Å². The molecule has 4 nitrogen and oxygen atoms in total. The van der Waals surface area contributed by atoms with E-state index in [4.69, 9.17) is 0 Å². The Morgan fingerprint density at radius 1 is 1.13 bits per heavy atom. The Hall–Kier alpha value is -1.62. The lowest BCUT2D eigenvalue weighted by Gasteiger charge is -2.17. The van der Waals surface area contributed by atoms with Crippen LogP contribution in [0.5, 0.6) is 0 Å². The first kappa shape index (κ1) is 16.2. The van der Waals surface area contributed by atoms with E-state index in [0.717, 1.165) is 31.5 Å². The molecule has 1 aromatic rings. The van der Waals surface area contributed by atoms with E-state index >= 15 is 0 Å². The van der Waals surface area contributed by atoms with Gasteiger partial charge in [0.25, 0.3) is 0 Å². The number of amides is 2. The highest BCUT2D eigenvalue weighted by Gasteiger charge is 2.34. The van der Waals surface area contributed by atoms with Crippen molar-refractivity contribution in [1.82, 2.24) is 10.2 Å². The van der Waals surface area contributed by atoms with Crippen LogP contribution in [0.15, 0.2) is 42.5 Å². The van der Waals surface area contributed by atoms with Gasteiger partial charge in [0.1, 0.15) is 0 Å². The Kier molecular flexibility index (Phi) is 5.49. The normalized spacial score (nSPS) is 24.3. The summed E-state index contributed by atoms with van der Waals surface area (Å²) in [5.74, 6) is 2.30. The Labute approximate surface area is 140 Å². The molecule has 3 rings (SSSR count). The summed E-state index contributed by atoms with van der Waals surface area (Å²) in [4.78, 5) is 14.1. The molecule has 1 aromatic carbocycles. The quantitative estimate of drug-likeness (QED) is 0.843. The fraction of sp³-hybridized carbons (Fsp3) is 0.500. The highest BCUT2D eigenvalue weighted by molar-refractivity contribution is 7.84. The number of fused-ring (bicyclic) bond motifs is 1. The first-order chi connectivity index (χ1) is 11.2. The molecule has 3 atom stereocenters. The highest BCUT2D eigenvalue weighted by Crippen LogP contribution is 2.32. The van der Waals surface area contributed by atoms with Crippen LogP contribution in [0.3, 0.4) is 0 Å². The zero-order valence-electron chi connectivity index (χ0n) is 13.3. The fourth-order valence-electron chi connectivity index (χ4n) is 3.40. The van der Waals surface area contributed by atoms with Gasteiger partial charge in [-0.05, 0) is 30.2 Å². The van der Waals surface area contributed by atoms with Crippen molar-refractivity contribution in [3.05, 3.63) is 48.0 Å². The van der Waals surface area contributed by atoms with Crippen molar-refractivity contribution >= 4 is 16.8 Å². The van der Waals surface area contributed by atoms with E-state index in [-0.39, 0.29) is 6.03 Å². The Morgan fingerprint density at radius 3 is 2.43 bits per heavy atom. The maximum Gasteiger partial charge on any atom is 0.317 e. The third-order valence-corrected chi connectivity index (χ3v) is 6.00. The summed E-state index contributed by atoms with van der Waals surface area (Å²) in [6.07, 6.45) is 6.65. The molecule has 1 saturated heterocycles. The van der Waals surface area contributed by atoms with E-state index < -0.39 is 10.8 Å². The molecular formula is C18H24N2O2S. The lowest BCUT2D eigenvalue weighted by molar-refractivity contribution is 0.207. The fourth-order valence-corrected chi connectivity index (χ4v) is 4.43. The van der Waals surface area contributed by atoms with Gasteiger partial charge in [-0.25, -0.2) is 4.79 Å². The molecule has 0 bridgehead atoms. The van der Waals surface area contributed by atoms with Crippen molar-refractivity contribution in [1.29, 1.82) is 0 Å². The van der Waals surface area contributed by atoms with E-state index in [1.165, 1.54) is 0 Å². The summed E-state index contributed by atoms with van der Waals surface area (Å²) in [6, 6.07) is 9.82. The summed E-state index contributed by atoms with van der Waals surface area (Å²) in [5.41, 5.74) is 1.08. The molecule has 0 saturated carbocycles. The van der Waals surface area contributed by atoms with Gasteiger partial charge in [-0.3, -0.25) is 4.21 Å². The average molecular weight is 332 g/mol. The molecule has 1 heterocycles. The lowest BCUT2D eigenvalue weighted by atomic mass is 9.86. The minimum atomic E-state index is -0.939. The van der Waals surface area contributed by atoms with E-state index in [0.29, 0.717) is 29.9 Å². The number of nitrogens with zero attached hydrogens (tertiary/aromatic N) is 1. The number of likely N-dealkylation sites (tertiary alicyclic amines) is 1. The van der Waals surface area contributed by atoms with E-state index in [2.05, 4.69) is 17.5 Å². The molecule has 124 valence electrons. The summed E-state index contributed by atoms with van der Waals surface area (Å²) >= 11 is 0. The summed E-state index contributed by atoms with van der Waals surface area (Å²) in [5, 5.41) is 2.92. The van der Waals surface area contributed by atoms with Gasteiger partial charge in [0.15, 0.2) is 0 Å². The molecular weight excluding hydrogens is 308 g/mol. The Bertz CT molecular complexity index is 572. The van der Waals surface area contributed by atoms with Crippen LogP contribution in [0, 0.1) is 11.8 Å². The predicted molar refractivity (Wildman–Crippen MR) is 93.5 cm³/mol. The van der Waals surface area contributed by atoms with Crippen molar-refractivity contribution in [2.45, 2.75) is 18.6 Å². The highest BCUT2D eigenvalue weighted by atomic mass is 32.2. The van der Waals surface area contributed by atoms with Gasteiger partial charge in [0.2, 0.25) is 0 Å². The van der Waals surface area contributed by atoms with Crippen molar-refractivity contribution in [3.63, 3.8) is 0 Å². The van der Waals surface area contributed by atoms with Crippen LogP contribution in [0.4, 0.5) is 4.79 Å². The lowest BCUT2D eigenvalue weighted by Crippen LogP contribution is -2.40. The predicted octanol–water partition coefficient (Wildman–Crippen LogP) is 2.54. The van der Waals surface area contributed by atoms with Gasteiger partial charge in [0, 0.05) is 41.9 Å². The average Bonchev–Trinajstić information content (AvgIpc) is 3.00. The molecule has 23 heavy (non-hydrogen) atoms. The maximum absolute atomic E-state index is 12.2. The molecule has 0 spiro atoms. The second-order valence-corrected chi connectivity index (χ2v) is 7.95. The number of allylic oxidation sites excluding steroid dienone is 2.